The molecule has 1 fully saturated rings. The van der Waals surface area contributed by atoms with Gasteiger partial charge in [0.1, 0.15) is 11.8 Å². The Balaban J connectivity index is 1.40. The van der Waals surface area contributed by atoms with Gasteiger partial charge in [-0.1, -0.05) is 35.3 Å². The Morgan fingerprint density at radius 1 is 1.15 bits per heavy atom. The lowest BCUT2D eigenvalue weighted by atomic mass is 9.96. The van der Waals surface area contributed by atoms with Gasteiger partial charge in [-0.2, -0.15) is 5.26 Å². The number of fused-ring (bicyclic) bond motifs is 1. The number of nitrogens with one attached hydrogen (secondary N) is 2. The lowest BCUT2D eigenvalue weighted by Gasteiger charge is -2.30. The summed E-state index contributed by atoms with van der Waals surface area (Å²) in [4.78, 5) is 45.3. The minimum absolute atomic E-state index is 0.00342. The van der Waals surface area contributed by atoms with Crippen molar-refractivity contribution in [2.45, 2.75) is 38.3 Å². The summed E-state index contributed by atoms with van der Waals surface area (Å²) in [7, 11) is 0. The summed E-state index contributed by atoms with van der Waals surface area (Å²) in [5, 5.41) is 34.0. The Bertz CT molecular complexity index is 1400. The molecule has 11 nitrogen and oxygen atoms in total. The van der Waals surface area contributed by atoms with Gasteiger partial charge in [0.2, 0.25) is 12.2 Å². The summed E-state index contributed by atoms with van der Waals surface area (Å²) >= 11 is 13.1. The Hall–Kier alpha value is -3.85. The van der Waals surface area contributed by atoms with Crippen LogP contribution in [-0.4, -0.2) is 82.4 Å². The number of aliphatic imine (C=N–C) groups is 1. The van der Waals surface area contributed by atoms with E-state index in [0.717, 1.165) is 24.0 Å². The van der Waals surface area contributed by atoms with Crippen molar-refractivity contribution in [1.29, 1.82) is 5.26 Å². The molecule has 4 N–H and O–H groups in total. The molecule has 0 spiro atoms. The number of amides is 1. The fraction of sp³-hybridized carbons (Fsp3) is 0.393. The Labute approximate surface area is 247 Å². The summed E-state index contributed by atoms with van der Waals surface area (Å²) in [6, 6.07) is 6.56. The van der Waals surface area contributed by atoms with Crippen LogP contribution in [0, 0.1) is 11.5 Å². The van der Waals surface area contributed by atoms with Crippen LogP contribution in [-0.2, 0) is 17.8 Å². The van der Waals surface area contributed by atoms with E-state index in [4.69, 9.17) is 28.5 Å². The van der Waals surface area contributed by atoms with E-state index in [2.05, 4.69) is 20.5 Å². The fourth-order valence-corrected chi connectivity index (χ4v) is 5.78. The van der Waals surface area contributed by atoms with E-state index in [0.29, 0.717) is 44.7 Å². The minimum Gasteiger partial charge on any atom is -0.508 e. The van der Waals surface area contributed by atoms with Crippen molar-refractivity contribution in [1.82, 2.24) is 20.4 Å². The van der Waals surface area contributed by atoms with E-state index < -0.39 is 17.9 Å². The number of guanidine groups is 1. The van der Waals surface area contributed by atoms with Crippen LogP contribution in [0.5, 0.6) is 5.75 Å². The van der Waals surface area contributed by atoms with E-state index in [1.165, 1.54) is 12.1 Å². The summed E-state index contributed by atoms with van der Waals surface area (Å²) < 4.78 is 0. The number of phenolic OH excluding ortho intramolecular Hbond substituents is 1. The molecule has 216 valence electrons. The van der Waals surface area contributed by atoms with Gasteiger partial charge in [0.05, 0.1) is 15.6 Å². The van der Waals surface area contributed by atoms with Crippen molar-refractivity contribution in [3.63, 3.8) is 0 Å². The number of nitriles is 1. The molecule has 0 bridgehead atoms. The molecule has 0 unspecified atom stereocenters. The highest BCUT2D eigenvalue weighted by atomic mass is 35.5. The molecule has 2 heterocycles. The van der Waals surface area contributed by atoms with Gasteiger partial charge in [-0.15, -0.1) is 4.99 Å². The van der Waals surface area contributed by atoms with Crippen LogP contribution in [0.15, 0.2) is 35.3 Å². The molecule has 0 aromatic heterocycles. The molecule has 0 radical (unpaired) electrons. The zero-order chi connectivity index (χ0) is 29.5. The van der Waals surface area contributed by atoms with Crippen molar-refractivity contribution >= 4 is 46.8 Å². The van der Waals surface area contributed by atoms with Crippen molar-refractivity contribution in [3.05, 3.63) is 62.6 Å². The van der Waals surface area contributed by atoms with E-state index in [1.54, 1.807) is 24.4 Å². The molecule has 0 saturated carbocycles. The lowest BCUT2D eigenvalue weighted by Crippen LogP contribution is -2.51. The Kier molecular flexibility index (Phi) is 10.0. The quantitative estimate of drug-likeness (QED) is 0.147. The average molecular weight is 601 g/mol. The first-order chi connectivity index (χ1) is 19.7. The van der Waals surface area contributed by atoms with Crippen LogP contribution < -0.4 is 10.6 Å². The zero-order valence-corrected chi connectivity index (χ0v) is 23.7. The SMILES string of the molecule is N#C/N=C(/NC[C@H](NC(=O)c1c(Cl)cc2c(c1Cl)CCN(CCC(=O)c1cccc(O)c1)C2)C(=O)O)N1CCCC1. The topological polar surface area (TPSA) is 158 Å². The van der Waals surface area contributed by atoms with Crippen LogP contribution >= 0.6 is 23.2 Å². The number of ketones is 1. The van der Waals surface area contributed by atoms with Crippen LogP contribution in [0.3, 0.4) is 0 Å². The summed E-state index contributed by atoms with van der Waals surface area (Å²) in [6.07, 6.45) is 4.38. The number of carbonyl (C=O) groups excluding carboxylic acids is 2. The predicted octanol–water partition coefficient (Wildman–Crippen LogP) is 3.04. The summed E-state index contributed by atoms with van der Waals surface area (Å²) in [5.74, 6) is -1.77. The molecular weight excluding hydrogens is 571 g/mol. The highest BCUT2D eigenvalue weighted by Gasteiger charge is 2.29. The van der Waals surface area contributed by atoms with Crippen molar-refractivity contribution in [2.75, 3.05) is 32.7 Å². The number of rotatable bonds is 9. The first kappa shape index (κ1) is 30.1. The molecule has 2 aliphatic heterocycles. The van der Waals surface area contributed by atoms with Gasteiger partial charge in [-0.3, -0.25) is 14.5 Å². The van der Waals surface area contributed by atoms with E-state index >= 15 is 0 Å². The number of aliphatic carboxylic acids is 1. The number of likely N-dealkylation sites (tertiary alicyclic amines) is 1. The zero-order valence-electron chi connectivity index (χ0n) is 22.2. The molecule has 2 aromatic rings. The van der Waals surface area contributed by atoms with Gasteiger partial charge < -0.3 is 25.7 Å². The highest BCUT2D eigenvalue weighted by molar-refractivity contribution is 6.40. The number of phenols is 1. The molecule has 41 heavy (non-hydrogen) atoms. The first-order valence-electron chi connectivity index (χ1n) is 13.2. The number of benzene rings is 2. The number of Topliss-reactive ketones (excluding diaryl/α,β-unsaturated/α-hetero) is 1. The Morgan fingerprint density at radius 3 is 2.59 bits per heavy atom. The molecule has 1 amide bonds. The van der Waals surface area contributed by atoms with Gasteiger partial charge in [-0.05, 0) is 48.6 Å². The van der Waals surface area contributed by atoms with Gasteiger partial charge in [0, 0.05) is 51.3 Å². The maximum atomic E-state index is 13.2. The molecule has 1 atom stereocenters. The van der Waals surface area contributed by atoms with Gasteiger partial charge >= 0.3 is 5.97 Å². The van der Waals surface area contributed by atoms with Crippen molar-refractivity contribution < 1.29 is 24.6 Å². The van der Waals surface area contributed by atoms with Gasteiger partial charge in [0.25, 0.3) is 5.91 Å². The standard InChI is InChI=1S/C28H30Cl2N6O5/c29-21-13-18-15-35(11-7-23(38)17-4-3-5-19(37)12-17)10-6-20(18)25(30)24(21)26(39)34-22(27(40)41)14-32-28(33-16-31)36-8-1-2-9-36/h3-5,12-13,22,37H,1-2,6-11,14-15H2,(H,32,33)(H,34,39)(H,40,41)/t22-/m0/s1. The summed E-state index contributed by atoms with van der Waals surface area (Å²) in [6.45, 7) is 2.76. The second-order valence-electron chi connectivity index (χ2n) is 9.91. The number of halogens is 2. The normalized spacial score (nSPS) is 16.0. The van der Waals surface area contributed by atoms with Crippen LogP contribution in [0.2, 0.25) is 10.0 Å². The molecule has 4 rings (SSSR count). The largest absolute Gasteiger partial charge is 0.508 e. The average Bonchev–Trinajstić information content (AvgIpc) is 3.48. The second-order valence-corrected chi connectivity index (χ2v) is 10.7. The number of carboxylic acid groups (broad SMARTS) is 1. The molecular formula is C28H30Cl2N6O5. The first-order valence-corrected chi connectivity index (χ1v) is 14.0. The number of nitrogens with zero attached hydrogens (tertiary/aromatic N) is 4. The molecule has 0 aliphatic carbocycles. The molecule has 13 heteroatoms. The van der Waals surface area contributed by atoms with E-state index in [9.17, 15) is 24.6 Å². The third-order valence-corrected chi connectivity index (χ3v) is 7.88. The number of carboxylic acids is 1. The predicted molar refractivity (Wildman–Crippen MR) is 153 cm³/mol. The maximum absolute atomic E-state index is 13.2. The van der Waals surface area contributed by atoms with Crippen molar-refractivity contribution in [3.8, 4) is 11.9 Å². The smallest absolute Gasteiger partial charge is 0.328 e. The molecule has 2 aromatic carbocycles. The Morgan fingerprint density at radius 2 is 1.90 bits per heavy atom. The van der Waals surface area contributed by atoms with E-state index in [1.807, 2.05) is 4.90 Å². The van der Waals surface area contributed by atoms with Crippen LogP contribution in [0.25, 0.3) is 0 Å². The highest BCUT2D eigenvalue weighted by Crippen LogP contribution is 2.34. The van der Waals surface area contributed by atoms with Gasteiger partial charge in [0.15, 0.2) is 5.78 Å². The third-order valence-electron chi connectivity index (χ3n) is 7.16. The number of hydrogen-bond acceptors (Lipinski definition) is 7. The summed E-state index contributed by atoms with van der Waals surface area (Å²) in [5.41, 5.74) is 2.02. The van der Waals surface area contributed by atoms with Crippen LogP contribution in [0.1, 0.15) is 51.1 Å². The number of carbonyl (C=O) groups is 3. The molecule has 1 saturated heterocycles. The molecule has 2 aliphatic rings. The van der Waals surface area contributed by atoms with Crippen LogP contribution in [0.4, 0.5) is 0 Å². The minimum atomic E-state index is -1.34. The van der Waals surface area contributed by atoms with Gasteiger partial charge in [-0.25, -0.2) is 4.79 Å². The number of hydrogen-bond donors (Lipinski definition) is 4. The third kappa shape index (κ3) is 7.47. The number of aromatic hydroxyl groups is 1. The van der Waals surface area contributed by atoms with Crippen molar-refractivity contribution in [2.24, 2.45) is 4.99 Å². The lowest BCUT2D eigenvalue weighted by molar-refractivity contribution is -0.139. The van der Waals surface area contributed by atoms with E-state index in [-0.39, 0.29) is 46.1 Å². The maximum Gasteiger partial charge on any atom is 0.328 e. The monoisotopic (exact) mass is 600 g/mol. The second kappa shape index (κ2) is 13.7. The fourth-order valence-electron chi connectivity index (χ4n) is 5.01.